The van der Waals surface area contributed by atoms with E-state index in [0.29, 0.717) is 12.6 Å². The molecule has 0 aromatic heterocycles. The van der Waals surface area contributed by atoms with Crippen LogP contribution in [-0.4, -0.2) is 69.4 Å². The molecule has 6 nitrogen and oxygen atoms in total. The average molecular weight is 524 g/mol. The first-order chi connectivity index (χ1) is 14.3. The molecule has 2 unspecified atom stereocenters. The fraction of sp³-hybridized carbons (Fsp3) is 0.522. The van der Waals surface area contributed by atoms with Crippen molar-refractivity contribution in [1.29, 1.82) is 0 Å². The van der Waals surface area contributed by atoms with Crippen LogP contribution in [0, 0.1) is 0 Å². The maximum atomic E-state index is 6.00. The number of nitrogens with one attached hydrogen (secondary N) is 2. The smallest absolute Gasteiger partial charge is 0.191 e. The molecular formula is C23H33IN4O2. The minimum absolute atomic E-state index is 0. The maximum Gasteiger partial charge on any atom is 0.191 e. The van der Waals surface area contributed by atoms with Crippen molar-refractivity contribution >= 4 is 40.7 Å². The molecule has 2 atom stereocenters. The molecule has 2 aromatic rings. The molecule has 7 heteroatoms. The van der Waals surface area contributed by atoms with Gasteiger partial charge in [-0.25, -0.2) is 0 Å². The Bertz CT molecular complexity index is 832. The number of fused-ring (bicyclic) bond motifs is 2. The van der Waals surface area contributed by atoms with E-state index in [1.807, 2.05) is 6.07 Å². The Labute approximate surface area is 196 Å². The molecule has 4 rings (SSSR count). The van der Waals surface area contributed by atoms with Crippen LogP contribution < -0.4 is 15.4 Å². The van der Waals surface area contributed by atoms with E-state index in [1.54, 1.807) is 7.05 Å². The summed E-state index contributed by atoms with van der Waals surface area (Å²) in [6, 6.07) is 15.2. The third-order valence-electron chi connectivity index (χ3n) is 5.79. The summed E-state index contributed by atoms with van der Waals surface area (Å²) in [6.45, 7) is 5.38. The van der Waals surface area contributed by atoms with Gasteiger partial charge in [0.25, 0.3) is 0 Å². The SMILES string of the molecule is CN=C(NCCCOc1ccc2ccccc2c1)NCC1CN2CCCC2CO1.I. The van der Waals surface area contributed by atoms with Gasteiger partial charge in [-0.05, 0) is 48.7 Å². The normalized spacial score (nSPS) is 21.7. The van der Waals surface area contributed by atoms with Crippen LogP contribution in [0.5, 0.6) is 5.75 Å². The second-order valence-corrected chi connectivity index (χ2v) is 7.84. The lowest BCUT2D eigenvalue weighted by molar-refractivity contribution is -0.0453. The number of aliphatic imine (C=N–C) groups is 1. The van der Waals surface area contributed by atoms with E-state index in [4.69, 9.17) is 9.47 Å². The van der Waals surface area contributed by atoms with E-state index in [-0.39, 0.29) is 30.1 Å². The maximum absolute atomic E-state index is 6.00. The van der Waals surface area contributed by atoms with E-state index in [1.165, 1.54) is 30.2 Å². The molecule has 0 bridgehead atoms. The summed E-state index contributed by atoms with van der Waals surface area (Å²) in [7, 11) is 1.80. The number of halogens is 1. The van der Waals surface area contributed by atoms with Crippen molar-refractivity contribution in [1.82, 2.24) is 15.5 Å². The monoisotopic (exact) mass is 524 g/mol. The van der Waals surface area contributed by atoms with E-state index in [2.05, 4.69) is 56.9 Å². The van der Waals surface area contributed by atoms with Crippen molar-refractivity contribution in [3.05, 3.63) is 42.5 Å². The minimum Gasteiger partial charge on any atom is -0.494 e. The lowest BCUT2D eigenvalue weighted by Crippen LogP contribution is -2.51. The van der Waals surface area contributed by atoms with Crippen molar-refractivity contribution in [2.45, 2.75) is 31.4 Å². The standard InChI is InChI=1S/C23H32N4O2.HI/c1-24-23(26-15-22-16-27-12-4-8-20(27)17-29-22)25-11-5-13-28-21-10-9-18-6-2-3-7-19(18)14-21;/h2-3,6-7,9-10,14,20,22H,4-5,8,11-13,15-17H2,1H3,(H2,24,25,26);1H. The van der Waals surface area contributed by atoms with Gasteiger partial charge >= 0.3 is 0 Å². The molecule has 0 amide bonds. The Kier molecular flexibility index (Phi) is 9.02. The number of guanidine groups is 1. The van der Waals surface area contributed by atoms with Gasteiger partial charge in [-0.3, -0.25) is 9.89 Å². The molecule has 30 heavy (non-hydrogen) atoms. The predicted molar refractivity (Wildman–Crippen MR) is 133 cm³/mol. The summed E-state index contributed by atoms with van der Waals surface area (Å²) in [4.78, 5) is 6.88. The van der Waals surface area contributed by atoms with Crippen LogP contribution in [0.25, 0.3) is 10.8 Å². The summed E-state index contributed by atoms with van der Waals surface area (Å²) < 4.78 is 11.9. The molecule has 2 heterocycles. The van der Waals surface area contributed by atoms with Gasteiger partial charge in [-0.2, -0.15) is 0 Å². The molecule has 0 aliphatic carbocycles. The molecule has 2 N–H and O–H groups in total. The van der Waals surface area contributed by atoms with Crippen LogP contribution in [0.3, 0.4) is 0 Å². The number of benzene rings is 2. The van der Waals surface area contributed by atoms with E-state index >= 15 is 0 Å². The number of ether oxygens (including phenoxy) is 2. The number of rotatable bonds is 7. The second kappa shape index (κ2) is 11.7. The highest BCUT2D eigenvalue weighted by Crippen LogP contribution is 2.22. The second-order valence-electron chi connectivity index (χ2n) is 7.84. The fourth-order valence-corrected chi connectivity index (χ4v) is 4.17. The highest BCUT2D eigenvalue weighted by Gasteiger charge is 2.32. The van der Waals surface area contributed by atoms with Gasteiger partial charge in [0.2, 0.25) is 0 Å². The zero-order valence-electron chi connectivity index (χ0n) is 17.7. The molecule has 2 aromatic carbocycles. The molecule has 0 radical (unpaired) electrons. The third-order valence-corrected chi connectivity index (χ3v) is 5.79. The number of hydrogen-bond donors (Lipinski definition) is 2. The van der Waals surface area contributed by atoms with Crippen molar-refractivity contribution < 1.29 is 9.47 Å². The van der Waals surface area contributed by atoms with E-state index in [0.717, 1.165) is 44.4 Å². The van der Waals surface area contributed by atoms with Crippen molar-refractivity contribution in [3.63, 3.8) is 0 Å². The molecule has 2 aliphatic heterocycles. The Balaban J connectivity index is 0.00000256. The van der Waals surface area contributed by atoms with Gasteiger partial charge in [0, 0.05) is 32.7 Å². The lowest BCUT2D eigenvalue weighted by Gasteiger charge is -2.35. The summed E-state index contributed by atoms with van der Waals surface area (Å²) in [5.74, 6) is 1.74. The molecule has 0 saturated carbocycles. The minimum atomic E-state index is 0. The zero-order chi connectivity index (χ0) is 19.9. The van der Waals surface area contributed by atoms with Gasteiger partial charge in [0.05, 0.1) is 19.3 Å². The summed E-state index contributed by atoms with van der Waals surface area (Å²) in [5.41, 5.74) is 0. The Hall–Kier alpha value is -1.58. The summed E-state index contributed by atoms with van der Waals surface area (Å²) in [6.07, 6.45) is 3.73. The molecule has 2 fully saturated rings. The first-order valence-electron chi connectivity index (χ1n) is 10.7. The van der Waals surface area contributed by atoms with Gasteiger partial charge in [0.1, 0.15) is 5.75 Å². The Morgan fingerprint density at radius 1 is 1.20 bits per heavy atom. The number of hydrogen-bond acceptors (Lipinski definition) is 4. The topological polar surface area (TPSA) is 58.1 Å². The Morgan fingerprint density at radius 2 is 2.07 bits per heavy atom. The molecular weight excluding hydrogens is 491 g/mol. The molecule has 164 valence electrons. The zero-order valence-corrected chi connectivity index (χ0v) is 20.0. The van der Waals surface area contributed by atoms with Crippen LogP contribution in [0.4, 0.5) is 0 Å². The highest BCUT2D eigenvalue weighted by atomic mass is 127. The van der Waals surface area contributed by atoms with Crippen LogP contribution in [0.15, 0.2) is 47.5 Å². The predicted octanol–water partition coefficient (Wildman–Crippen LogP) is 3.25. The van der Waals surface area contributed by atoms with Crippen LogP contribution in [-0.2, 0) is 4.74 Å². The Morgan fingerprint density at radius 3 is 2.93 bits per heavy atom. The van der Waals surface area contributed by atoms with E-state index in [9.17, 15) is 0 Å². The summed E-state index contributed by atoms with van der Waals surface area (Å²) in [5, 5.41) is 9.20. The molecule has 0 spiro atoms. The van der Waals surface area contributed by atoms with Crippen LogP contribution >= 0.6 is 24.0 Å². The first-order valence-corrected chi connectivity index (χ1v) is 10.7. The van der Waals surface area contributed by atoms with Crippen molar-refractivity contribution in [2.75, 3.05) is 46.4 Å². The largest absolute Gasteiger partial charge is 0.494 e. The lowest BCUT2D eigenvalue weighted by atomic mass is 10.1. The van der Waals surface area contributed by atoms with Gasteiger partial charge in [-0.1, -0.05) is 30.3 Å². The fourth-order valence-electron chi connectivity index (χ4n) is 4.17. The third kappa shape index (κ3) is 6.21. The van der Waals surface area contributed by atoms with Gasteiger partial charge in [-0.15, -0.1) is 24.0 Å². The number of morpholine rings is 1. The van der Waals surface area contributed by atoms with Crippen molar-refractivity contribution in [3.8, 4) is 5.75 Å². The van der Waals surface area contributed by atoms with Crippen LogP contribution in [0.1, 0.15) is 19.3 Å². The molecule has 2 saturated heterocycles. The summed E-state index contributed by atoms with van der Waals surface area (Å²) >= 11 is 0. The highest BCUT2D eigenvalue weighted by molar-refractivity contribution is 14.0. The van der Waals surface area contributed by atoms with Gasteiger partial charge < -0.3 is 20.1 Å². The van der Waals surface area contributed by atoms with Crippen LogP contribution in [0.2, 0.25) is 0 Å². The van der Waals surface area contributed by atoms with Gasteiger partial charge in [0.15, 0.2) is 5.96 Å². The molecule has 2 aliphatic rings. The van der Waals surface area contributed by atoms with Crippen molar-refractivity contribution in [2.24, 2.45) is 4.99 Å². The quantitative estimate of drug-likeness (QED) is 0.252. The number of nitrogens with zero attached hydrogens (tertiary/aromatic N) is 2. The average Bonchev–Trinajstić information content (AvgIpc) is 3.23. The first kappa shape index (κ1) is 23.1. The van der Waals surface area contributed by atoms with E-state index < -0.39 is 0 Å².